The summed E-state index contributed by atoms with van der Waals surface area (Å²) < 4.78 is 0.967. The summed E-state index contributed by atoms with van der Waals surface area (Å²) in [6.07, 6.45) is 1.53. The van der Waals surface area contributed by atoms with E-state index in [4.69, 9.17) is 5.73 Å². The first-order valence-corrected chi connectivity index (χ1v) is 6.87. The van der Waals surface area contributed by atoms with Gasteiger partial charge in [-0.25, -0.2) is 4.98 Å². The molecule has 94 valence electrons. The SMILES string of the molecule is Cc1cc(N)cnc1NC(=O)c1cc(C)c(Br)s1. The van der Waals surface area contributed by atoms with Crippen molar-refractivity contribution in [2.45, 2.75) is 13.8 Å². The molecular weight excluding hydrogens is 314 g/mol. The van der Waals surface area contributed by atoms with E-state index in [2.05, 4.69) is 26.2 Å². The van der Waals surface area contributed by atoms with E-state index in [0.29, 0.717) is 16.4 Å². The van der Waals surface area contributed by atoms with Gasteiger partial charge in [0.25, 0.3) is 5.91 Å². The number of aromatic nitrogens is 1. The van der Waals surface area contributed by atoms with Crippen LogP contribution < -0.4 is 11.1 Å². The minimum atomic E-state index is -0.158. The van der Waals surface area contributed by atoms with E-state index in [-0.39, 0.29) is 5.91 Å². The van der Waals surface area contributed by atoms with Crippen LogP contribution in [0, 0.1) is 13.8 Å². The van der Waals surface area contributed by atoms with Crippen LogP contribution in [0.3, 0.4) is 0 Å². The van der Waals surface area contributed by atoms with E-state index in [9.17, 15) is 4.79 Å². The number of nitrogen functional groups attached to an aromatic ring is 1. The molecule has 1 amide bonds. The van der Waals surface area contributed by atoms with Crippen LogP contribution in [0.2, 0.25) is 0 Å². The number of halogens is 1. The van der Waals surface area contributed by atoms with Crippen molar-refractivity contribution in [2.75, 3.05) is 11.1 Å². The number of rotatable bonds is 2. The molecule has 6 heteroatoms. The molecule has 0 spiro atoms. The molecule has 0 unspecified atom stereocenters. The molecule has 3 N–H and O–H groups in total. The first-order chi connectivity index (χ1) is 8.47. The van der Waals surface area contributed by atoms with Crippen LogP contribution in [-0.2, 0) is 0 Å². The maximum Gasteiger partial charge on any atom is 0.266 e. The van der Waals surface area contributed by atoms with Crippen molar-refractivity contribution >= 4 is 44.7 Å². The molecule has 2 rings (SSSR count). The van der Waals surface area contributed by atoms with Gasteiger partial charge in [0, 0.05) is 0 Å². The summed E-state index contributed by atoms with van der Waals surface area (Å²) in [5.74, 6) is 0.380. The molecule has 0 atom stereocenters. The molecule has 0 aliphatic carbocycles. The molecule has 0 aromatic carbocycles. The van der Waals surface area contributed by atoms with Crippen molar-refractivity contribution in [2.24, 2.45) is 0 Å². The van der Waals surface area contributed by atoms with Crippen molar-refractivity contribution in [3.63, 3.8) is 0 Å². The lowest BCUT2D eigenvalue weighted by molar-refractivity contribution is 0.103. The van der Waals surface area contributed by atoms with Crippen LogP contribution in [0.5, 0.6) is 0 Å². The fourth-order valence-corrected chi connectivity index (χ4v) is 2.90. The number of anilines is 2. The molecule has 0 aliphatic rings. The third kappa shape index (κ3) is 2.70. The Morgan fingerprint density at radius 2 is 2.11 bits per heavy atom. The zero-order valence-corrected chi connectivity index (χ0v) is 12.4. The average Bonchev–Trinajstić information content (AvgIpc) is 2.63. The molecule has 2 aromatic heterocycles. The van der Waals surface area contributed by atoms with Gasteiger partial charge in [0.15, 0.2) is 0 Å². The molecule has 0 saturated carbocycles. The summed E-state index contributed by atoms with van der Waals surface area (Å²) in [6.45, 7) is 3.80. The van der Waals surface area contributed by atoms with Gasteiger partial charge in [-0.3, -0.25) is 4.79 Å². The predicted octanol–water partition coefficient (Wildman–Crippen LogP) is 3.36. The van der Waals surface area contributed by atoms with Gasteiger partial charge < -0.3 is 11.1 Å². The summed E-state index contributed by atoms with van der Waals surface area (Å²) in [6, 6.07) is 3.62. The highest BCUT2D eigenvalue weighted by atomic mass is 79.9. The normalized spacial score (nSPS) is 10.4. The molecule has 2 heterocycles. The number of hydrogen-bond acceptors (Lipinski definition) is 4. The third-order valence-electron chi connectivity index (χ3n) is 2.41. The number of nitrogens with one attached hydrogen (secondary N) is 1. The molecule has 2 aromatic rings. The fraction of sp³-hybridized carbons (Fsp3) is 0.167. The second-order valence-electron chi connectivity index (χ2n) is 3.96. The Kier molecular flexibility index (Phi) is 3.68. The molecular formula is C12H12BrN3OS. The van der Waals surface area contributed by atoms with Gasteiger partial charge in [0.05, 0.1) is 20.5 Å². The van der Waals surface area contributed by atoms with Crippen molar-refractivity contribution < 1.29 is 4.79 Å². The summed E-state index contributed by atoms with van der Waals surface area (Å²) in [5.41, 5.74) is 8.09. The third-order valence-corrected chi connectivity index (χ3v) is 4.55. The zero-order chi connectivity index (χ0) is 13.3. The lowest BCUT2D eigenvalue weighted by atomic mass is 10.2. The predicted molar refractivity (Wildman–Crippen MR) is 78.1 cm³/mol. The van der Waals surface area contributed by atoms with Gasteiger partial charge in [0.1, 0.15) is 5.82 Å². The van der Waals surface area contributed by atoms with Crippen LogP contribution in [0.1, 0.15) is 20.8 Å². The molecule has 0 saturated heterocycles. The summed E-state index contributed by atoms with van der Waals surface area (Å²) in [5, 5.41) is 2.78. The number of amides is 1. The van der Waals surface area contributed by atoms with Gasteiger partial charge in [0.2, 0.25) is 0 Å². The number of nitrogens with two attached hydrogens (primary N) is 1. The molecule has 4 nitrogen and oxygen atoms in total. The van der Waals surface area contributed by atoms with E-state index < -0.39 is 0 Å². The summed E-state index contributed by atoms with van der Waals surface area (Å²) >= 11 is 4.80. The summed E-state index contributed by atoms with van der Waals surface area (Å²) in [7, 11) is 0. The van der Waals surface area contributed by atoms with Gasteiger partial charge in [-0.1, -0.05) is 0 Å². The standard InChI is InChI=1S/C12H12BrN3OS/c1-6-4-9(18-10(6)13)12(17)16-11-7(2)3-8(14)5-15-11/h3-5H,14H2,1-2H3,(H,15,16,17). The lowest BCUT2D eigenvalue weighted by Crippen LogP contribution is -2.12. The lowest BCUT2D eigenvalue weighted by Gasteiger charge is -2.06. The van der Waals surface area contributed by atoms with Gasteiger partial charge in [-0.15, -0.1) is 11.3 Å². The summed E-state index contributed by atoms with van der Waals surface area (Å²) in [4.78, 5) is 16.8. The monoisotopic (exact) mass is 325 g/mol. The molecule has 0 aliphatic heterocycles. The van der Waals surface area contributed by atoms with E-state index in [1.807, 2.05) is 19.9 Å². The highest BCUT2D eigenvalue weighted by molar-refractivity contribution is 9.11. The Morgan fingerprint density at radius 3 is 2.67 bits per heavy atom. The number of carbonyl (C=O) groups excluding carboxylic acids is 1. The van der Waals surface area contributed by atoms with E-state index >= 15 is 0 Å². The maximum atomic E-state index is 12.0. The van der Waals surface area contributed by atoms with Gasteiger partial charge >= 0.3 is 0 Å². The van der Waals surface area contributed by atoms with Crippen LogP contribution >= 0.6 is 27.3 Å². The van der Waals surface area contributed by atoms with Crippen LogP contribution in [0.4, 0.5) is 11.5 Å². The van der Waals surface area contributed by atoms with Crippen LogP contribution in [-0.4, -0.2) is 10.9 Å². The topological polar surface area (TPSA) is 68.0 Å². The quantitative estimate of drug-likeness (QED) is 0.889. The largest absolute Gasteiger partial charge is 0.397 e. The number of thiophene rings is 1. The van der Waals surface area contributed by atoms with E-state index in [1.165, 1.54) is 17.5 Å². The Hall–Kier alpha value is -1.40. The van der Waals surface area contributed by atoms with Gasteiger partial charge in [-0.05, 0) is 53.0 Å². The minimum Gasteiger partial charge on any atom is -0.397 e. The zero-order valence-electron chi connectivity index (χ0n) is 9.95. The minimum absolute atomic E-state index is 0.158. The Balaban J connectivity index is 2.21. The Bertz CT molecular complexity index is 590. The first-order valence-electron chi connectivity index (χ1n) is 5.27. The molecule has 0 fully saturated rings. The van der Waals surface area contributed by atoms with Crippen LogP contribution in [0.25, 0.3) is 0 Å². The first kappa shape index (κ1) is 13.0. The number of hydrogen-bond donors (Lipinski definition) is 2. The van der Waals surface area contributed by atoms with Crippen molar-refractivity contribution in [3.05, 3.63) is 38.1 Å². The fourth-order valence-electron chi connectivity index (χ4n) is 1.47. The number of carbonyl (C=O) groups is 1. The Morgan fingerprint density at radius 1 is 1.39 bits per heavy atom. The molecule has 0 bridgehead atoms. The van der Waals surface area contributed by atoms with Crippen LogP contribution in [0.15, 0.2) is 22.1 Å². The Labute approximate surface area is 117 Å². The molecule has 18 heavy (non-hydrogen) atoms. The maximum absolute atomic E-state index is 12.0. The van der Waals surface area contributed by atoms with Crippen molar-refractivity contribution in [1.82, 2.24) is 4.98 Å². The second-order valence-corrected chi connectivity index (χ2v) is 6.33. The highest BCUT2D eigenvalue weighted by Crippen LogP contribution is 2.28. The van der Waals surface area contributed by atoms with E-state index in [1.54, 1.807) is 6.07 Å². The molecule has 0 radical (unpaired) electrons. The smallest absolute Gasteiger partial charge is 0.266 e. The van der Waals surface area contributed by atoms with Gasteiger partial charge in [-0.2, -0.15) is 0 Å². The van der Waals surface area contributed by atoms with Crippen molar-refractivity contribution in [1.29, 1.82) is 0 Å². The van der Waals surface area contributed by atoms with E-state index in [0.717, 1.165) is 14.9 Å². The number of nitrogens with zero attached hydrogens (tertiary/aromatic N) is 1. The highest BCUT2D eigenvalue weighted by Gasteiger charge is 2.13. The number of pyridine rings is 1. The second kappa shape index (κ2) is 5.07. The number of aryl methyl sites for hydroxylation is 2. The average molecular weight is 326 g/mol. The van der Waals surface area contributed by atoms with Crippen molar-refractivity contribution in [3.8, 4) is 0 Å².